The van der Waals surface area contributed by atoms with Gasteiger partial charge in [-0.2, -0.15) is 10.2 Å². The molecule has 0 radical (unpaired) electrons. The molecule has 0 aromatic carbocycles. The first-order valence-electron chi connectivity index (χ1n) is 7.72. The third kappa shape index (κ3) is 2.99. The lowest BCUT2D eigenvalue weighted by Gasteiger charge is -2.11. The summed E-state index contributed by atoms with van der Waals surface area (Å²) < 4.78 is 31.9. The average molecular weight is 339 g/mol. The lowest BCUT2D eigenvalue weighted by molar-refractivity contribution is 0.516. The van der Waals surface area contributed by atoms with Crippen molar-refractivity contribution in [1.29, 1.82) is 0 Å². The monoisotopic (exact) mass is 339 g/mol. The second-order valence-corrected chi connectivity index (χ2v) is 7.62. The highest BCUT2D eigenvalue weighted by Gasteiger charge is 2.27. The zero-order valence-electron chi connectivity index (χ0n) is 14.8. The number of aromatic nitrogens is 4. The molecule has 2 heterocycles. The van der Waals surface area contributed by atoms with Crippen molar-refractivity contribution in [3.8, 4) is 0 Å². The van der Waals surface area contributed by atoms with Crippen molar-refractivity contribution < 1.29 is 8.42 Å². The SMILES string of the molecule is CCn1nc(C)c(S(=O)(=O)Nc2c(C)nn(C(C)C)c2C)c1C. The van der Waals surface area contributed by atoms with E-state index in [1.807, 2.05) is 32.4 Å². The van der Waals surface area contributed by atoms with Crippen LogP contribution < -0.4 is 4.72 Å². The lowest BCUT2D eigenvalue weighted by Crippen LogP contribution is -2.16. The molecule has 0 aliphatic heterocycles. The van der Waals surface area contributed by atoms with Gasteiger partial charge in [0.15, 0.2) is 0 Å². The fourth-order valence-electron chi connectivity index (χ4n) is 2.88. The number of hydrogen-bond donors (Lipinski definition) is 1. The Labute approximate surface area is 137 Å². The third-order valence-electron chi connectivity index (χ3n) is 3.93. The fraction of sp³-hybridized carbons (Fsp3) is 0.600. The second-order valence-electron chi connectivity index (χ2n) is 6.01. The van der Waals surface area contributed by atoms with Crippen LogP contribution in [0.2, 0.25) is 0 Å². The second kappa shape index (κ2) is 5.99. The largest absolute Gasteiger partial charge is 0.276 e. The molecule has 1 N–H and O–H groups in total. The van der Waals surface area contributed by atoms with Crippen molar-refractivity contribution in [1.82, 2.24) is 19.6 Å². The highest BCUT2D eigenvalue weighted by atomic mass is 32.2. The molecule has 0 saturated carbocycles. The number of rotatable bonds is 5. The van der Waals surface area contributed by atoms with E-state index in [1.54, 1.807) is 25.5 Å². The van der Waals surface area contributed by atoms with Gasteiger partial charge in [0.2, 0.25) is 0 Å². The molecule has 0 bridgehead atoms. The molecule has 2 aromatic rings. The molecule has 0 aliphatic carbocycles. The van der Waals surface area contributed by atoms with E-state index in [2.05, 4.69) is 14.9 Å². The van der Waals surface area contributed by atoms with Crippen LogP contribution in [0.3, 0.4) is 0 Å². The Morgan fingerprint density at radius 2 is 1.65 bits per heavy atom. The maximum absolute atomic E-state index is 12.9. The molecule has 2 aromatic heterocycles. The first-order valence-corrected chi connectivity index (χ1v) is 9.21. The molecule has 128 valence electrons. The first-order chi connectivity index (χ1) is 10.6. The van der Waals surface area contributed by atoms with Crippen LogP contribution in [0.5, 0.6) is 0 Å². The number of nitrogens with zero attached hydrogens (tertiary/aromatic N) is 4. The molecule has 0 aliphatic rings. The van der Waals surface area contributed by atoms with Crippen molar-refractivity contribution in [3.63, 3.8) is 0 Å². The molecule has 0 fully saturated rings. The van der Waals surface area contributed by atoms with Gasteiger partial charge in [0, 0.05) is 12.6 Å². The highest BCUT2D eigenvalue weighted by molar-refractivity contribution is 7.92. The maximum Gasteiger partial charge on any atom is 0.265 e. The summed E-state index contributed by atoms with van der Waals surface area (Å²) in [6, 6.07) is 0.165. The summed E-state index contributed by atoms with van der Waals surface area (Å²) in [4.78, 5) is 0.246. The van der Waals surface area contributed by atoms with Crippen LogP contribution in [0.25, 0.3) is 0 Å². The van der Waals surface area contributed by atoms with Gasteiger partial charge in [0.1, 0.15) is 4.90 Å². The molecule has 23 heavy (non-hydrogen) atoms. The Balaban J connectivity index is 2.50. The van der Waals surface area contributed by atoms with Crippen molar-refractivity contribution in [2.24, 2.45) is 0 Å². The number of aryl methyl sites for hydroxylation is 3. The van der Waals surface area contributed by atoms with Crippen LogP contribution in [-0.2, 0) is 16.6 Å². The van der Waals surface area contributed by atoms with Gasteiger partial charge in [-0.25, -0.2) is 8.42 Å². The minimum absolute atomic E-state index is 0.165. The lowest BCUT2D eigenvalue weighted by atomic mass is 10.3. The fourth-order valence-corrected chi connectivity index (χ4v) is 4.47. The standard InChI is InChI=1S/C15H25N5O2S/c1-8-19-13(7)15(11(5)16-19)23(21,22)18-14-10(4)17-20(9(2)3)12(14)6/h9,18H,8H2,1-7H3. The molecule has 0 spiro atoms. The van der Waals surface area contributed by atoms with E-state index < -0.39 is 10.0 Å². The Bertz CT molecular complexity index is 831. The highest BCUT2D eigenvalue weighted by Crippen LogP contribution is 2.27. The normalized spacial score (nSPS) is 12.2. The molecular formula is C15H25N5O2S. The summed E-state index contributed by atoms with van der Waals surface area (Å²) in [6.45, 7) is 13.7. The summed E-state index contributed by atoms with van der Waals surface area (Å²) in [6.07, 6.45) is 0. The van der Waals surface area contributed by atoms with Crippen molar-refractivity contribution >= 4 is 15.7 Å². The molecule has 0 atom stereocenters. The van der Waals surface area contributed by atoms with Crippen LogP contribution in [-0.4, -0.2) is 28.0 Å². The van der Waals surface area contributed by atoms with E-state index in [9.17, 15) is 8.42 Å². The van der Waals surface area contributed by atoms with Crippen LogP contribution >= 0.6 is 0 Å². The van der Waals surface area contributed by atoms with E-state index in [-0.39, 0.29) is 10.9 Å². The maximum atomic E-state index is 12.9. The van der Waals surface area contributed by atoms with E-state index in [0.29, 0.717) is 29.3 Å². The predicted octanol–water partition coefficient (Wildman–Crippen LogP) is 2.71. The smallest absolute Gasteiger partial charge is 0.265 e. The minimum atomic E-state index is -3.71. The molecular weight excluding hydrogens is 314 g/mol. The Hall–Kier alpha value is -1.83. The zero-order valence-corrected chi connectivity index (χ0v) is 15.6. The van der Waals surface area contributed by atoms with Crippen molar-refractivity contribution in [2.45, 2.75) is 65.9 Å². The van der Waals surface area contributed by atoms with Gasteiger partial charge in [-0.15, -0.1) is 0 Å². The van der Waals surface area contributed by atoms with Crippen LogP contribution in [0.1, 0.15) is 49.6 Å². The van der Waals surface area contributed by atoms with Gasteiger partial charge in [0.05, 0.1) is 28.5 Å². The molecule has 7 nitrogen and oxygen atoms in total. The third-order valence-corrected chi connectivity index (χ3v) is 5.54. The van der Waals surface area contributed by atoms with E-state index >= 15 is 0 Å². The minimum Gasteiger partial charge on any atom is -0.276 e. The van der Waals surface area contributed by atoms with E-state index in [4.69, 9.17) is 0 Å². The summed E-state index contributed by atoms with van der Waals surface area (Å²) in [5.74, 6) is 0. The van der Waals surface area contributed by atoms with Gasteiger partial charge < -0.3 is 0 Å². The Morgan fingerprint density at radius 1 is 1.04 bits per heavy atom. The summed E-state index contributed by atoms with van der Waals surface area (Å²) in [5.41, 5.74) is 3.16. The number of sulfonamides is 1. The average Bonchev–Trinajstić information content (AvgIpc) is 2.89. The zero-order chi connectivity index (χ0) is 17.5. The van der Waals surface area contributed by atoms with E-state index in [1.165, 1.54) is 0 Å². The molecule has 8 heteroatoms. The molecule has 0 unspecified atom stereocenters. The van der Waals surface area contributed by atoms with Crippen molar-refractivity contribution in [3.05, 3.63) is 22.8 Å². The topological polar surface area (TPSA) is 81.8 Å². The molecule has 2 rings (SSSR count). The van der Waals surface area contributed by atoms with Crippen LogP contribution in [0.4, 0.5) is 5.69 Å². The summed E-state index contributed by atoms with van der Waals surface area (Å²) in [7, 11) is -3.71. The van der Waals surface area contributed by atoms with Gasteiger partial charge >= 0.3 is 0 Å². The summed E-state index contributed by atoms with van der Waals surface area (Å²) >= 11 is 0. The number of nitrogens with one attached hydrogen (secondary N) is 1. The number of hydrogen-bond acceptors (Lipinski definition) is 4. The van der Waals surface area contributed by atoms with Gasteiger partial charge in [-0.1, -0.05) is 0 Å². The first kappa shape index (κ1) is 17.5. The van der Waals surface area contributed by atoms with Crippen LogP contribution in [0, 0.1) is 27.7 Å². The predicted molar refractivity (Wildman–Crippen MR) is 90.3 cm³/mol. The van der Waals surface area contributed by atoms with E-state index in [0.717, 1.165) is 5.69 Å². The van der Waals surface area contributed by atoms with Gasteiger partial charge in [-0.05, 0) is 48.5 Å². The quantitative estimate of drug-likeness (QED) is 0.908. The Kier molecular flexibility index (Phi) is 4.57. The van der Waals surface area contributed by atoms with Crippen LogP contribution in [0.15, 0.2) is 4.90 Å². The number of anilines is 1. The summed E-state index contributed by atoms with van der Waals surface area (Å²) in [5, 5.41) is 8.71. The van der Waals surface area contributed by atoms with Gasteiger partial charge in [0.25, 0.3) is 10.0 Å². The molecule has 0 amide bonds. The van der Waals surface area contributed by atoms with Crippen molar-refractivity contribution in [2.75, 3.05) is 4.72 Å². The van der Waals surface area contributed by atoms with Gasteiger partial charge in [-0.3, -0.25) is 14.1 Å². The molecule has 0 saturated heterocycles. The Morgan fingerprint density at radius 3 is 2.09 bits per heavy atom.